The Labute approximate surface area is 173 Å². The van der Waals surface area contributed by atoms with E-state index in [2.05, 4.69) is 15.5 Å². The van der Waals surface area contributed by atoms with Gasteiger partial charge in [-0.05, 0) is 49.1 Å². The smallest absolute Gasteiger partial charge is 0.272 e. The van der Waals surface area contributed by atoms with Gasteiger partial charge in [-0.25, -0.2) is 9.49 Å². The van der Waals surface area contributed by atoms with E-state index in [0.29, 0.717) is 42.6 Å². The van der Waals surface area contributed by atoms with Gasteiger partial charge in [0.05, 0.1) is 16.6 Å². The van der Waals surface area contributed by atoms with Crippen molar-refractivity contribution in [1.29, 1.82) is 0 Å². The summed E-state index contributed by atoms with van der Waals surface area (Å²) in [5.41, 5.74) is 1.32. The van der Waals surface area contributed by atoms with Gasteiger partial charge in [-0.2, -0.15) is 5.10 Å². The van der Waals surface area contributed by atoms with Crippen LogP contribution in [0, 0.1) is 11.7 Å². The lowest BCUT2D eigenvalue weighted by Crippen LogP contribution is -2.41. The van der Waals surface area contributed by atoms with Crippen LogP contribution in [0.25, 0.3) is 10.8 Å². The van der Waals surface area contributed by atoms with Crippen LogP contribution in [0.5, 0.6) is 0 Å². The first-order valence-corrected chi connectivity index (χ1v) is 10.4. The minimum absolute atomic E-state index is 0.0971. The fourth-order valence-corrected chi connectivity index (χ4v) is 4.73. The Balaban J connectivity index is 1.42. The van der Waals surface area contributed by atoms with Gasteiger partial charge >= 0.3 is 0 Å². The number of nitrogens with zero attached hydrogens (tertiary/aromatic N) is 2. The second-order valence-corrected chi connectivity index (χ2v) is 8.21. The summed E-state index contributed by atoms with van der Waals surface area (Å²) < 4.78 is 14.6. The molecule has 2 aromatic carbocycles. The Morgan fingerprint density at radius 2 is 2.00 bits per heavy atom. The number of carbonyl (C=O) groups excluding carboxylic acids is 1. The number of benzene rings is 2. The monoisotopic (exact) mass is 406 g/mol. The van der Waals surface area contributed by atoms with Crippen molar-refractivity contribution in [2.75, 3.05) is 19.6 Å². The maximum Gasteiger partial charge on any atom is 0.272 e. The first-order chi connectivity index (χ1) is 14.6. The molecule has 7 heteroatoms. The zero-order valence-corrected chi connectivity index (χ0v) is 16.5. The lowest BCUT2D eigenvalue weighted by Gasteiger charge is -2.24. The number of piperidine rings is 1. The third-order valence-corrected chi connectivity index (χ3v) is 6.29. The number of fused-ring (bicyclic) bond motifs is 2. The summed E-state index contributed by atoms with van der Waals surface area (Å²) >= 11 is 0. The van der Waals surface area contributed by atoms with Crippen LogP contribution in [0.3, 0.4) is 0 Å². The summed E-state index contributed by atoms with van der Waals surface area (Å²) in [5, 5.41) is 11.5. The van der Waals surface area contributed by atoms with E-state index in [-0.39, 0.29) is 17.0 Å². The molecule has 2 N–H and O–H groups in total. The Bertz CT molecular complexity index is 1160. The Kier molecular flexibility index (Phi) is 4.83. The van der Waals surface area contributed by atoms with Crippen molar-refractivity contribution >= 4 is 16.7 Å². The molecule has 0 saturated carbocycles. The van der Waals surface area contributed by atoms with Crippen molar-refractivity contribution in [3.8, 4) is 0 Å². The van der Waals surface area contributed by atoms with Gasteiger partial charge in [-0.1, -0.05) is 24.3 Å². The Morgan fingerprint density at radius 3 is 2.83 bits per heavy atom. The van der Waals surface area contributed by atoms with Crippen LogP contribution < -0.4 is 10.9 Å². The maximum atomic E-state index is 14.6. The number of aromatic nitrogens is 2. The number of carbonyl (C=O) groups is 1. The van der Waals surface area contributed by atoms with E-state index in [1.165, 1.54) is 6.07 Å². The number of nitrogens with one attached hydrogen (secondary N) is 2. The van der Waals surface area contributed by atoms with Gasteiger partial charge in [0.25, 0.3) is 11.5 Å². The third-order valence-electron chi connectivity index (χ3n) is 6.29. The van der Waals surface area contributed by atoms with Crippen LogP contribution in [0.4, 0.5) is 4.39 Å². The fourth-order valence-electron chi connectivity index (χ4n) is 4.73. The van der Waals surface area contributed by atoms with Crippen LogP contribution in [-0.2, 0) is 6.42 Å². The molecule has 0 aliphatic carbocycles. The highest BCUT2D eigenvalue weighted by atomic mass is 19.1. The fraction of sp³-hybridized carbons (Fsp3) is 0.348. The van der Waals surface area contributed by atoms with E-state index in [9.17, 15) is 14.0 Å². The van der Waals surface area contributed by atoms with Crippen molar-refractivity contribution in [3.05, 3.63) is 75.5 Å². The molecule has 2 saturated heterocycles. The van der Waals surface area contributed by atoms with Gasteiger partial charge in [-0.15, -0.1) is 0 Å². The zero-order chi connectivity index (χ0) is 20.7. The van der Waals surface area contributed by atoms with E-state index in [1.54, 1.807) is 29.2 Å². The molecule has 30 heavy (non-hydrogen) atoms. The van der Waals surface area contributed by atoms with Crippen LogP contribution in [0.15, 0.2) is 47.3 Å². The van der Waals surface area contributed by atoms with E-state index in [0.717, 1.165) is 30.3 Å². The molecule has 0 radical (unpaired) electrons. The molecular formula is C23H23FN4O2. The number of aromatic amines is 1. The molecule has 6 nitrogen and oxygen atoms in total. The number of halogens is 1. The van der Waals surface area contributed by atoms with Gasteiger partial charge in [0.1, 0.15) is 5.82 Å². The maximum absolute atomic E-state index is 14.6. The number of hydrogen-bond acceptors (Lipinski definition) is 4. The first-order valence-electron chi connectivity index (χ1n) is 10.4. The lowest BCUT2D eigenvalue weighted by atomic mass is 9.94. The van der Waals surface area contributed by atoms with Crippen molar-refractivity contribution in [1.82, 2.24) is 20.4 Å². The van der Waals surface area contributed by atoms with Crippen LogP contribution in [0.2, 0.25) is 0 Å². The van der Waals surface area contributed by atoms with Gasteiger partial charge < -0.3 is 10.2 Å². The van der Waals surface area contributed by atoms with Gasteiger partial charge in [0.2, 0.25) is 0 Å². The van der Waals surface area contributed by atoms with E-state index in [1.807, 2.05) is 12.1 Å². The molecule has 2 atom stereocenters. The summed E-state index contributed by atoms with van der Waals surface area (Å²) in [6.45, 7) is 2.28. The van der Waals surface area contributed by atoms with E-state index >= 15 is 0 Å². The number of amides is 1. The van der Waals surface area contributed by atoms with E-state index in [4.69, 9.17) is 0 Å². The topological polar surface area (TPSA) is 78.1 Å². The van der Waals surface area contributed by atoms with Crippen molar-refractivity contribution in [3.63, 3.8) is 0 Å². The second kappa shape index (κ2) is 7.65. The molecule has 0 bridgehead atoms. The zero-order valence-electron chi connectivity index (χ0n) is 16.5. The second-order valence-electron chi connectivity index (χ2n) is 8.21. The molecule has 0 spiro atoms. The molecule has 1 amide bonds. The number of hydrogen-bond donors (Lipinski definition) is 2. The predicted molar refractivity (Wildman–Crippen MR) is 112 cm³/mol. The molecule has 3 heterocycles. The average molecular weight is 406 g/mol. The lowest BCUT2D eigenvalue weighted by molar-refractivity contribution is 0.0781. The molecule has 2 fully saturated rings. The summed E-state index contributed by atoms with van der Waals surface area (Å²) in [4.78, 5) is 26.8. The minimum Gasteiger partial charge on any atom is -0.337 e. The molecule has 0 unspecified atom stereocenters. The SMILES string of the molecule is O=C(c1cc(Cc2n[nH]c(=O)c3ccccc23)ccc1F)N1C[C@@H]2CCCN[C@@H]2C1. The van der Waals surface area contributed by atoms with Crippen molar-refractivity contribution < 1.29 is 9.18 Å². The Morgan fingerprint density at radius 1 is 1.17 bits per heavy atom. The number of likely N-dealkylation sites (tertiary alicyclic amines) is 1. The predicted octanol–water partition coefficient (Wildman–Crippen LogP) is 2.48. The van der Waals surface area contributed by atoms with Crippen LogP contribution >= 0.6 is 0 Å². The molecule has 154 valence electrons. The molecule has 1 aromatic heterocycles. The average Bonchev–Trinajstić information content (AvgIpc) is 3.21. The minimum atomic E-state index is -0.508. The summed E-state index contributed by atoms with van der Waals surface area (Å²) in [6.07, 6.45) is 2.62. The highest BCUT2D eigenvalue weighted by molar-refractivity contribution is 5.95. The first kappa shape index (κ1) is 18.9. The Hall–Kier alpha value is -3.06. The quantitative estimate of drug-likeness (QED) is 0.701. The largest absolute Gasteiger partial charge is 0.337 e. The van der Waals surface area contributed by atoms with Crippen molar-refractivity contribution in [2.45, 2.75) is 25.3 Å². The number of H-pyrrole nitrogens is 1. The third kappa shape index (κ3) is 3.39. The van der Waals surface area contributed by atoms with Crippen LogP contribution in [-0.4, -0.2) is 46.7 Å². The van der Waals surface area contributed by atoms with Gasteiger partial charge in [0.15, 0.2) is 0 Å². The van der Waals surface area contributed by atoms with Crippen LogP contribution in [0.1, 0.15) is 34.5 Å². The summed E-state index contributed by atoms with van der Waals surface area (Å²) in [7, 11) is 0. The summed E-state index contributed by atoms with van der Waals surface area (Å²) in [6, 6.07) is 12.2. The normalized spacial score (nSPS) is 21.0. The molecular weight excluding hydrogens is 383 g/mol. The standard InChI is InChI=1S/C23H23FN4O2/c24-19-8-7-14(11-20-16-5-1-2-6-17(16)22(29)27-26-20)10-18(19)23(30)28-12-15-4-3-9-25-21(15)13-28/h1-2,5-8,10,15,21,25H,3-4,9,11-13H2,(H,27,29)/t15-,21+/m0/s1. The highest BCUT2D eigenvalue weighted by Crippen LogP contribution is 2.27. The van der Waals surface area contributed by atoms with Crippen molar-refractivity contribution in [2.24, 2.45) is 5.92 Å². The highest BCUT2D eigenvalue weighted by Gasteiger charge is 2.37. The molecule has 3 aromatic rings. The van der Waals surface area contributed by atoms with E-state index < -0.39 is 5.82 Å². The molecule has 5 rings (SSSR count). The van der Waals surface area contributed by atoms with Gasteiger partial charge in [0, 0.05) is 30.9 Å². The number of rotatable bonds is 3. The summed E-state index contributed by atoms with van der Waals surface area (Å²) in [5.74, 6) is -0.318. The van der Waals surface area contributed by atoms with Gasteiger partial charge in [-0.3, -0.25) is 9.59 Å². The molecule has 2 aliphatic rings. The molecule has 2 aliphatic heterocycles.